The number of fused-ring (bicyclic) bond motifs is 1. The van der Waals surface area contributed by atoms with E-state index in [0.29, 0.717) is 12.2 Å². The Labute approximate surface area is 143 Å². The summed E-state index contributed by atoms with van der Waals surface area (Å²) in [6, 6.07) is 11.3. The average Bonchev–Trinajstić information content (AvgIpc) is 2.49. The number of methoxy groups -OCH3 is 1. The lowest BCUT2D eigenvalue weighted by Crippen LogP contribution is -2.23. The largest absolute Gasteiger partial charge is 0.494 e. The maximum atomic E-state index is 13.6. The van der Waals surface area contributed by atoms with E-state index < -0.39 is 0 Å². The predicted octanol–water partition coefficient (Wildman–Crippen LogP) is 4.69. The summed E-state index contributed by atoms with van der Waals surface area (Å²) >= 11 is 3.43. The Morgan fingerprint density at radius 3 is 2.68 bits per heavy atom. The summed E-state index contributed by atoms with van der Waals surface area (Å²) in [5.74, 6) is -0.121. The maximum Gasteiger partial charge on any atom is 0.167 e. The predicted molar refractivity (Wildman–Crippen MR) is 91.7 cm³/mol. The second-order valence-corrected chi connectivity index (χ2v) is 5.81. The van der Waals surface area contributed by atoms with E-state index in [1.54, 1.807) is 12.4 Å². The highest BCUT2D eigenvalue weighted by atomic mass is 79.9. The molecule has 0 aromatic heterocycles. The second kappa shape index (κ2) is 7.11. The summed E-state index contributed by atoms with van der Waals surface area (Å²) < 4.78 is 19.7. The van der Waals surface area contributed by atoms with Gasteiger partial charge in [-0.2, -0.15) is 0 Å². The Morgan fingerprint density at radius 2 is 2.00 bits per heavy atom. The summed E-state index contributed by atoms with van der Waals surface area (Å²) in [5, 5.41) is 0. The molecule has 0 amide bonds. The van der Waals surface area contributed by atoms with Crippen LogP contribution in [0.25, 0.3) is 0 Å². The minimum Gasteiger partial charge on any atom is -0.494 e. The first-order valence-electron chi connectivity index (χ1n) is 6.55. The van der Waals surface area contributed by atoms with Crippen LogP contribution in [-0.4, -0.2) is 18.3 Å². The summed E-state index contributed by atoms with van der Waals surface area (Å²) in [7, 11) is 1.47. The van der Waals surface area contributed by atoms with Crippen molar-refractivity contribution in [2.24, 2.45) is 4.99 Å². The molecule has 0 radical (unpaired) electrons. The Balaban J connectivity index is 0.00000176. The Kier molecular flexibility index (Phi) is 5.42. The molecule has 2 aromatic carbocycles. The smallest absolute Gasteiger partial charge is 0.167 e. The molecule has 3 rings (SSSR count). The van der Waals surface area contributed by atoms with Gasteiger partial charge in [0.15, 0.2) is 11.6 Å². The molecule has 0 unspecified atom stereocenters. The molecule has 1 heterocycles. The molecule has 6 heteroatoms. The molecule has 0 spiro atoms. The van der Waals surface area contributed by atoms with Crippen LogP contribution in [0.2, 0.25) is 0 Å². The molecule has 0 saturated carbocycles. The van der Waals surface area contributed by atoms with Gasteiger partial charge in [-0.3, -0.25) is 0 Å². The monoisotopic (exact) mass is 384 g/mol. The zero-order valence-corrected chi connectivity index (χ0v) is 14.3. The standard InChI is InChI=1S/C16H14BrFN2O.ClH/c1-21-16-6-12-9-20(10-19-15(12)7-14(16)18)8-11-2-4-13(17)5-3-11;/h2-7,10H,8-9H2,1H3;1H. The number of halogens is 3. The van der Waals surface area contributed by atoms with E-state index in [-0.39, 0.29) is 24.0 Å². The first kappa shape index (κ1) is 16.8. The van der Waals surface area contributed by atoms with Crippen molar-refractivity contribution in [2.75, 3.05) is 7.11 Å². The van der Waals surface area contributed by atoms with Crippen molar-refractivity contribution in [2.45, 2.75) is 13.1 Å². The van der Waals surface area contributed by atoms with E-state index >= 15 is 0 Å². The van der Waals surface area contributed by atoms with Gasteiger partial charge in [0.2, 0.25) is 0 Å². The van der Waals surface area contributed by atoms with Crippen LogP contribution in [0.3, 0.4) is 0 Å². The fourth-order valence-corrected chi connectivity index (χ4v) is 2.58. The van der Waals surface area contributed by atoms with E-state index in [9.17, 15) is 4.39 Å². The first-order chi connectivity index (χ1) is 10.2. The van der Waals surface area contributed by atoms with Gasteiger partial charge < -0.3 is 9.64 Å². The van der Waals surface area contributed by atoms with Gasteiger partial charge in [0.25, 0.3) is 0 Å². The van der Waals surface area contributed by atoms with E-state index in [0.717, 1.165) is 16.6 Å². The summed E-state index contributed by atoms with van der Waals surface area (Å²) in [6.07, 6.45) is 1.76. The van der Waals surface area contributed by atoms with Crippen molar-refractivity contribution < 1.29 is 9.13 Å². The molecular weight excluding hydrogens is 371 g/mol. The van der Waals surface area contributed by atoms with Gasteiger partial charge >= 0.3 is 0 Å². The highest BCUT2D eigenvalue weighted by Gasteiger charge is 2.16. The third-order valence-electron chi connectivity index (χ3n) is 3.39. The highest BCUT2D eigenvalue weighted by molar-refractivity contribution is 9.10. The first-order valence-corrected chi connectivity index (χ1v) is 7.34. The number of aliphatic imine (C=N–C) groups is 1. The van der Waals surface area contributed by atoms with Crippen molar-refractivity contribution in [1.29, 1.82) is 0 Å². The van der Waals surface area contributed by atoms with Gasteiger partial charge in [-0.05, 0) is 23.8 Å². The van der Waals surface area contributed by atoms with Crippen LogP contribution >= 0.6 is 28.3 Å². The minimum absolute atomic E-state index is 0. The maximum absolute atomic E-state index is 13.6. The highest BCUT2D eigenvalue weighted by Crippen LogP contribution is 2.31. The fraction of sp³-hybridized carbons (Fsp3) is 0.188. The van der Waals surface area contributed by atoms with Crippen molar-refractivity contribution in [3.05, 3.63) is 57.8 Å². The van der Waals surface area contributed by atoms with Gasteiger partial charge in [0.05, 0.1) is 19.1 Å². The third kappa shape index (κ3) is 3.59. The number of rotatable bonds is 3. The van der Waals surface area contributed by atoms with Crippen molar-refractivity contribution in [1.82, 2.24) is 4.90 Å². The molecule has 0 N–H and O–H groups in total. The average molecular weight is 386 g/mol. The molecule has 0 aliphatic carbocycles. The lowest BCUT2D eigenvalue weighted by molar-refractivity contribution is 0.380. The molecule has 1 aliphatic rings. The molecule has 0 atom stereocenters. The summed E-state index contributed by atoms with van der Waals surface area (Å²) in [6.45, 7) is 1.45. The van der Waals surface area contributed by atoms with Crippen LogP contribution in [0.5, 0.6) is 5.75 Å². The zero-order chi connectivity index (χ0) is 14.8. The molecule has 22 heavy (non-hydrogen) atoms. The molecule has 0 saturated heterocycles. The number of hydrogen-bond acceptors (Lipinski definition) is 3. The van der Waals surface area contributed by atoms with Crippen LogP contribution in [-0.2, 0) is 13.1 Å². The van der Waals surface area contributed by atoms with Crippen LogP contribution in [0.4, 0.5) is 10.1 Å². The fourth-order valence-electron chi connectivity index (χ4n) is 2.31. The Morgan fingerprint density at radius 1 is 1.27 bits per heavy atom. The van der Waals surface area contributed by atoms with E-state index in [4.69, 9.17) is 4.74 Å². The van der Waals surface area contributed by atoms with Gasteiger partial charge in [0, 0.05) is 29.2 Å². The van der Waals surface area contributed by atoms with Gasteiger partial charge in [-0.25, -0.2) is 9.38 Å². The van der Waals surface area contributed by atoms with Crippen LogP contribution in [0, 0.1) is 5.82 Å². The number of nitrogens with zero attached hydrogens (tertiary/aromatic N) is 2. The van der Waals surface area contributed by atoms with Gasteiger partial charge in [-0.1, -0.05) is 28.1 Å². The van der Waals surface area contributed by atoms with E-state index in [1.165, 1.54) is 18.7 Å². The van der Waals surface area contributed by atoms with E-state index in [2.05, 4.69) is 38.0 Å². The minimum atomic E-state index is -0.380. The topological polar surface area (TPSA) is 24.8 Å². The van der Waals surface area contributed by atoms with Gasteiger partial charge in [0.1, 0.15) is 0 Å². The van der Waals surface area contributed by atoms with Crippen molar-refractivity contribution in [3.8, 4) is 5.75 Å². The van der Waals surface area contributed by atoms with Crippen LogP contribution in [0.1, 0.15) is 11.1 Å². The Hall–Kier alpha value is -1.59. The third-order valence-corrected chi connectivity index (χ3v) is 3.91. The van der Waals surface area contributed by atoms with E-state index in [1.807, 2.05) is 12.1 Å². The lowest BCUT2D eigenvalue weighted by Gasteiger charge is -2.25. The SMILES string of the molecule is COc1cc2c(cc1F)N=CN(Cc1ccc(Br)cc1)C2.Cl. The van der Waals surface area contributed by atoms with Crippen molar-refractivity contribution in [3.63, 3.8) is 0 Å². The van der Waals surface area contributed by atoms with Crippen LogP contribution < -0.4 is 4.74 Å². The quantitative estimate of drug-likeness (QED) is 0.765. The number of hydrogen-bond donors (Lipinski definition) is 0. The lowest BCUT2D eigenvalue weighted by atomic mass is 10.1. The summed E-state index contributed by atoms with van der Waals surface area (Å²) in [4.78, 5) is 6.41. The molecule has 116 valence electrons. The van der Waals surface area contributed by atoms with Crippen molar-refractivity contribution >= 4 is 40.4 Å². The normalized spacial score (nSPS) is 12.6. The molecule has 2 aromatic rings. The van der Waals surface area contributed by atoms with Crippen LogP contribution in [0.15, 0.2) is 45.9 Å². The molecule has 3 nitrogen and oxygen atoms in total. The number of ether oxygens (including phenoxy) is 1. The Bertz CT molecular complexity index is 691. The molecule has 0 fully saturated rings. The molecule has 0 bridgehead atoms. The summed E-state index contributed by atoms with van der Waals surface area (Å²) in [5.41, 5.74) is 2.83. The molecular formula is C16H15BrClFN2O. The second-order valence-electron chi connectivity index (χ2n) is 4.89. The zero-order valence-electron chi connectivity index (χ0n) is 11.9. The van der Waals surface area contributed by atoms with Gasteiger partial charge in [-0.15, -0.1) is 12.4 Å². The number of benzene rings is 2. The molecule has 1 aliphatic heterocycles.